The summed E-state index contributed by atoms with van der Waals surface area (Å²) in [5.74, 6) is 0.588. The van der Waals surface area contributed by atoms with Crippen LogP contribution in [0.2, 0.25) is 0 Å². The lowest BCUT2D eigenvalue weighted by molar-refractivity contribution is -0.204. The van der Waals surface area contributed by atoms with E-state index >= 15 is 0 Å². The van der Waals surface area contributed by atoms with Crippen molar-refractivity contribution in [2.24, 2.45) is 34.5 Å². The van der Waals surface area contributed by atoms with Crippen LogP contribution in [0.15, 0.2) is 0 Å². The molecule has 3 nitrogen and oxygen atoms in total. The van der Waals surface area contributed by atoms with E-state index in [0.29, 0.717) is 32.1 Å². The third-order valence-electron chi connectivity index (χ3n) is 8.27. The zero-order valence-electron chi connectivity index (χ0n) is 14.2. The number of rotatable bonds is 0. The molecule has 0 aliphatic heterocycles. The van der Waals surface area contributed by atoms with E-state index < -0.39 is 23.8 Å². The summed E-state index contributed by atoms with van der Waals surface area (Å²) in [6.07, 6.45) is 2.62. The third-order valence-corrected chi connectivity index (χ3v) is 8.27. The number of carbonyl (C=O) groups is 1. The summed E-state index contributed by atoms with van der Waals surface area (Å²) < 4.78 is 13.9. The monoisotopic (exact) mass is 324 g/mol. The number of halogens is 1. The summed E-state index contributed by atoms with van der Waals surface area (Å²) in [5, 5.41) is 21.8. The molecule has 4 saturated carbocycles. The molecule has 4 heteroatoms. The van der Waals surface area contributed by atoms with Gasteiger partial charge in [-0.3, -0.25) is 4.79 Å². The van der Waals surface area contributed by atoms with Crippen LogP contribution >= 0.6 is 0 Å². The van der Waals surface area contributed by atoms with Crippen molar-refractivity contribution < 1.29 is 19.4 Å². The normalized spacial score (nSPS) is 59.2. The van der Waals surface area contributed by atoms with Crippen LogP contribution in [0.4, 0.5) is 4.39 Å². The molecule has 23 heavy (non-hydrogen) atoms. The molecule has 4 rings (SSSR count). The predicted octanol–water partition coefficient (Wildman–Crippen LogP) is 2.88. The average Bonchev–Trinajstić information content (AvgIpc) is 2.76. The van der Waals surface area contributed by atoms with E-state index in [4.69, 9.17) is 0 Å². The quantitative estimate of drug-likeness (QED) is 0.720. The summed E-state index contributed by atoms with van der Waals surface area (Å²) in [7, 11) is 0. The molecule has 0 unspecified atom stereocenters. The highest BCUT2D eigenvalue weighted by Crippen LogP contribution is 2.65. The summed E-state index contributed by atoms with van der Waals surface area (Å²) in [5.41, 5.74) is -0.569. The zero-order valence-corrected chi connectivity index (χ0v) is 14.2. The van der Waals surface area contributed by atoms with Crippen molar-refractivity contribution in [3.63, 3.8) is 0 Å². The van der Waals surface area contributed by atoms with Crippen molar-refractivity contribution >= 4 is 5.78 Å². The van der Waals surface area contributed by atoms with E-state index in [9.17, 15) is 19.4 Å². The Bertz CT molecular complexity index is 523. The number of Topliss-reactive ketones (excluding diaryl/α,β-unsaturated/α-hetero) is 1. The minimum absolute atomic E-state index is 0.00684. The van der Waals surface area contributed by atoms with Gasteiger partial charge in [-0.1, -0.05) is 13.8 Å². The lowest BCUT2D eigenvalue weighted by atomic mass is 9.44. The average molecular weight is 324 g/mol. The summed E-state index contributed by atoms with van der Waals surface area (Å²) in [6.45, 7) is 4.20. The highest BCUT2D eigenvalue weighted by atomic mass is 19.1. The fourth-order valence-corrected chi connectivity index (χ4v) is 7.06. The molecule has 2 N–H and O–H groups in total. The first-order valence-electron chi connectivity index (χ1n) is 9.31. The van der Waals surface area contributed by atoms with Crippen LogP contribution in [0.25, 0.3) is 0 Å². The van der Waals surface area contributed by atoms with Gasteiger partial charge in [0.2, 0.25) is 0 Å². The zero-order chi connectivity index (χ0) is 16.6. The predicted molar refractivity (Wildman–Crippen MR) is 84.4 cm³/mol. The maximum atomic E-state index is 13.9. The SMILES string of the molecule is C[C@@]12CC[C@@H](F)C[C@@H]1C[C@@H](O)[C@H]1[C@H]2[C@H](O)C[C@]2(C)C(=O)CC[C@@H]12. The highest BCUT2D eigenvalue weighted by Gasteiger charge is 2.65. The maximum Gasteiger partial charge on any atom is 0.139 e. The Hall–Kier alpha value is -0.480. The first-order valence-corrected chi connectivity index (χ1v) is 9.31. The van der Waals surface area contributed by atoms with Crippen molar-refractivity contribution in [2.45, 2.75) is 77.2 Å². The number of fused-ring (bicyclic) bond motifs is 5. The summed E-state index contributed by atoms with van der Waals surface area (Å²) in [4.78, 5) is 12.4. The van der Waals surface area contributed by atoms with Gasteiger partial charge in [0.05, 0.1) is 12.2 Å². The number of aliphatic hydroxyl groups is 2. The van der Waals surface area contributed by atoms with Crippen LogP contribution < -0.4 is 0 Å². The van der Waals surface area contributed by atoms with Gasteiger partial charge < -0.3 is 10.2 Å². The number of hydrogen-bond donors (Lipinski definition) is 2. The fourth-order valence-electron chi connectivity index (χ4n) is 7.06. The molecule has 4 aliphatic carbocycles. The van der Waals surface area contributed by atoms with E-state index in [1.165, 1.54) is 0 Å². The third kappa shape index (κ3) is 2.03. The van der Waals surface area contributed by atoms with Crippen LogP contribution in [-0.4, -0.2) is 34.4 Å². The standard InChI is InChI=1S/C19H29FO3/c1-18-6-5-11(20)7-10(18)8-13(21)16-12-3-4-15(23)19(12,2)9-14(22)17(16)18/h10-14,16-17,21-22H,3-9H2,1-2H3/t10-,11-,12+,13-,14-,16+,17-,18-,19+/m1/s1. The van der Waals surface area contributed by atoms with Crippen LogP contribution in [0.1, 0.15) is 58.8 Å². The van der Waals surface area contributed by atoms with Crippen molar-refractivity contribution in [2.75, 3.05) is 0 Å². The van der Waals surface area contributed by atoms with Gasteiger partial charge in [-0.05, 0) is 67.6 Å². The van der Waals surface area contributed by atoms with Crippen LogP contribution in [0.3, 0.4) is 0 Å². The molecule has 4 fully saturated rings. The fraction of sp³-hybridized carbons (Fsp3) is 0.947. The van der Waals surface area contributed by atoms with E-state index in [0.717, 1.165) is 12.8 Å². The molecule has 0 radical (unpaired) electrons. The molecule has 0 amide bonds. The number of aliphatic hydroxyl groups excluding tert-OH is 2. The van der Waals surface area contributed by atoms with Crippen molar-refractivity contribution in [1.29, 1.82) is 0 Å². The van der Waals surface area contributed by atoms with Gasteiger partial charge in [0.1, 0.15) is 12.0 Å². The van der Waals surface area contributed by atoms with Gasteiger partial charge in [0, 0.05) is 11.8 Å². The molecular weight excluding hydrogens is 295 g/mol. The lowest BCUT2D eigenvalue weighted by Gasteiger charge is -2.62. The second-order valence-corrected chi connectivity index (χ2v) is 9.24. The highest BCUT2D eigenvalue weighted by molar-refractivity contribution is 5.87. The smallest absolute Gasteiger partial charge is 0.139 e. The minimum Gasteiger partial charge on any atom is -0.393 e. The Morgan fingerprint density at radius 2 is 1.87 bits per heavy atom. The molecule has 0 spiro atoms. The first kappa shape index (κ1) is 16.0. The Kier molecular flexibility index (Phi) is 3.49. The van der Waals surface area contributed by atoms with E-state index in [-0.39, 0.29) is 34.9 Å². The summed E-state index contributed by atoms with van der Waals surface area (Å²) in [6, 6.07) is 0. The second kappa shape index (κ2) is 5.01. The largest absolute Gasteiger partial charge is 0.393 e. The van der Waals surface area contributed by atoms with Gasteiger partial charge in [0.25, 0.3) is 0 Å². The molecule has 0 bridgehead atoms. The van der Waals surface area contributed by atoms with E-state index in [2.05, 4.69) is 6.92 Å². The van der Waals surface area contributed by atoms with Gasteiger partial charge in [-0.25, -0.2) is 4.39 Å². The molecule has 0 aromatic carbocycles. The van der Waals surface area contributed by atoms with E-state index in [1.807, 2.05) is 6.92 Å². The minimum atomic E-state index is -0.768. The molecule has 0 heterocycles. The molecule has 130 valence electrons. The van der Waals surface area contributed by atoms with Gasteiger partial charge >= 0.3 is 0 Å². The Morgan fingerprint density at radius 3 is 2.61 bits per heavy atom. The molecule has 0 saturated heterocycles. The van der Waals surface area contributed by atoms with Crippen molar-refractivity contribution in [3.8, 4) is 0 Å². The second-order valence-electron chi connectivity index (χ2n) is 9.24. The summed E-state index contributed by atoms with van der Waals surface area (Å²) >= 11 is 0. The van der Waals surface area contributed by atoms with Gasteiger partial charge in [0.15, 0.2) is 0 Å². The van der Waals surface area contributed by atoms with Crippen LogP contribution in [0, 0.1) is 34.5 Å². The number of carbonyl (C=O) groups excluding carboxylic acids is 1. The Balaban J connectivity index is 1.74. The van der Waals surface area contributed by atoms with Crippen LogP contribution in [-0.2, 0) is 4.79 Å². The van der Waals surface area contributed by atoms with Crippen molar-refractivity contribution in [3.05, 3.63) is 0 Å². The molecular formula is C19H29FO3. The molecule has 0 aromatic rings. The maximum absolute atomic E-state index is 13.9. The van der Waals surface area contributed by atoms with Gasteiger partial charge in [-0.15, -0.1) is 0 Å². The van der Waals surface area contributed by atoms with E-state index in [1.54, 1.807) is 0 Å². The topological polar surface area (TPSA) is 57.5 Å². The van der Waals surface area contributed by atoms with Gasteiger partial charge in [-0.2, -0.15) is 0 Å². The molecule has 9 atom stereocenters. The Morgan fingerprint density at radius 1 is 1.13 bits per heavy atom. The molecule has 4 aliphatic rings. The lowest BCUT2D eigenvalue weighted by Crippen LogP contribution is -2.62. The van der Waals surface area contributed by atoms with Crippen molar-refractivity contribution in [1.82, 2.24) is 0 Å². The van der Waals surface area contributed by atoms with Crippen LogP contribution in [0.5, 0.6) is 0 Å². The molecule has 0 aromatic heterocycles. The number of alkyl halides is 1. The number of hydrogen-bond acceptors (Lipinski definition) is 3. The Labute approximate surface area is 137 Å². The first-order chi connectivity index (χ1) is 10.8. The number of ketones is 1.